The van der Waals surface area contributed by atoms with Crippen LogP contribution in [0.25, 0.3) is 0 Å². The molecule has 0 aliphatic heterocycles. The van der Waals surface area contributed by atoms with Gasteiger partial charge in [-0.3, -0.25) is 4.79 Å². The van der Waals surface area contributed by atoms with Crippen LogP contribution in [0, 0.1) is 5.92 Å². The molecule has 0 spiro atoms. The number of para-hydroxylation sites is 1. The molecule has 4 nitrogen and oxygen atoms in total. The first kappa shape index (κ1) is 13.8. The molecule has 1 aromatic rings. The molecule has 0 radical (unpaired) electrons. The lowest BCUT2D eigenvalue weighted by Gasteiger charge is -2.18. The Morgan fingerprint density at radius 3 is 2.63 bits per heavy atom. The zero-order chi connectivity index (χ0) is 13.9. The summed E-state index contributed by atoms with van der Waals surface area (Å²) in [5.74, 6) is -0.182. The minimum atomic E-state index is -3.34. The van der Waals surface area contributed by atoms with Crippen molar-refractivity contribution in [3.8, 4) is 0 Å². The highest BCUT2D eigenvalue weighted by Gasteiger charge is 2.21. The molecule has 0 unspecified atom stereocenters. The Labute approximate surface area is 113 Å². The molecule has 19 heavy (non-hydrogen) atoms. The van der Waals surface area contributed by atoms with Crippen LogP contribution in [-0.2, 0) is 14.6 Å². The highest BCUT2D eigenvalue weighted by Crippen LogP contribution is 2.24. The van der Waals surface area contributed by atoms with Crippen LogP contribution in [0.3, 0.4) is 0 Å². The number of carbonyl (C=O) groups excluding carboxylic acids is 1. The molecule has 1 aliphatic rings. The van der Waals surface area contributed by atoms with E-state index >= 15 is 0 Å². The van der Waals surface area contributed by atoms with E-state index < -0.39 is 9.84 Å². The average Bonchev–Trinajstić information content (AvgIpc) is 2.39. The Balaban J connectivity index is 2.19. The van der Waals surface area contributed by atoms with E-state index in [4.69, 9.17) is 0 Å². The summed E-state index contributed by atoms with van der Waals surface area (Å²) in [4.78, 5) is 12.3. The number of hydrogen-bond donors (Lipinski definition) is 1. The lowest BCUT2D eigenvalue weighted by molar-refractivity contribution is -0.120. The smallest absolute Gasteiger partial charge is 0.227 e. The van der Waals surface area contributed by atoms with E-state index in [1.165, 1.54) is 6.07 Å². The van der Waals surface area contributed by atoms with Gasteiger partial charge in [0.15, 0.2) is 9.84 Å². The quantitative estimate of drug-likeness (QED) is 0.864. The highest BCUT2D eigenvalue weighted by atomic mass is 32.2. The first-order valence-electron chi connectivity index (χ1n) is 6.23. The second-order valence-electron chi connectivity index (χ2n) is 4.74. The van der Waals surface area contributed by atoms with Crippen LogP contribution in [0.5, 0.6) is 0 Å². The van der Waals surface area contributed by atoms with E-state index in [1.807, 2.05) is 6.08 Å². The largest absolute Gasteiger partial charge is 0.325 e. The maximum absolute atomic E-state index is 12.1. The van der Waals surface area contributed by atoms with Crippen molar-refractivity contribution in [2.75, 3.05) is 11.6 Å². The molecule has 1 N–H and O–H groups in total. The molecule has 0 saturated carbocycles. The fourth-order valence-electron chi connectivity index (χ4n) is 2.16. The third kappa shape index (κ3) is 3.44. The van der Waals surface area contributed by atoms with Gasteiger partial charge >= 0.3 is 0 Å². The number of hydrogen-bond acceptors (Lipinski definition) is 3. The second-order valence-corrected chi connectivity index (χ2v) is 6.72. The Morgan fingerprint density at radius 2 is 2.00 bits per heavy atom. The maximum Gasteiger partial charge on any atom is 0.227 e. The zero-order valence-corrected chi connectivity index (χ0v) is 11.6. The standard InChI is InChI=1S/C14H17NO3S/c1-19(17,18)13-10-6-5-9-12(13)15-14(16)11-7-3-2-4-8-11/h2-3,5-6,9-11H,4,7-8H2,1H3,(H,15,16)/t11-/m1/s1. The molecule has 0 saturated heterocycles. The van der Waals surface area contributed by atoms with Crippen LogP contribution in [0.2, 0.25) is 0 Å². The molecule has 0 aromatic heterocycles. The van der Waals surface area contributed by atoms with Gasteiger partial charge in [-0.15, -0.1) is 0 Å². The summed E-state index contributed by atoms with van der Waals surface area (Å²) in [5.41, 5.74) is 0.365. The summed E-state index contributed by atoms with van der Waals surface area (Å²) < 4.78 is 23.3. The Morgan fingerprint density at radius 1 is 1.26 bits per heavy atom. The number of sulfone groups is 1. The van der Waals surface area contributed by atoms with Crippen molar-refractivity contribution < 1.29 is 13.2 Å². The van der Waals surface area contributed by atoms with Gasteiger partial charge in [0.25, 0.3) is 0 Å². The first-order valence-corrected chi connectivity index (χ1v) is 8.12. The molecule has 1 atom stereocenters. The number of nitrogens with one attached hydrogen (secondary N) is 1. The summed E-state index contributed by atoms with van der Waals surface area (Å²) >= 11 is 0. The summed E-state index contributed by atoms with van der Waals surface area (Å²) in [6.07, 6.45) is 7.62. The van der Waals surface area contributed by atoms with Crippen LogP contribution in [0.15, 0.2) is 41.3 Å². The van der Waals surface area contributed by atoms with E-state index in [2.05, 4.69) is 11.4 Å². The Kier molecular flexibility index (Phi) is 4.04. The van der Waals surface area contributed by atoms with Gasteiger partial charge < -0.3 is 5.32 Å². The van der Waals surface area contributed by atoms with Crippen molar-refractivity contribution in [3.05, 3.63) is 36.4 Å². The summed E-state index contributed by atoms with van der Waals surface area (Å²) in [6, 6.07) is 6.49. The minimum absolute atomic E-state index is 0.0717. The van der Waals surface area contributed by atoms with E-state index in [9.17, 15) is 13.2 Å². The second kappa shape index (κ2) is 5.57. The molecule has 0 heterocycles. The monoisotopic (exact) mass is 279 g/mol. The Hall–Kier alpha value is -1.62. The van der Waals surface area contributed by atoms with Gasteiger partial charge in [-0.2, -0.15) is 0 Å². The fourth-order valence-corrected chi connectivity index (χ4v) is 3.00. The molecule has 1 aliphatic carbocycles. The number of anilines is 1. The predicted octanol–water partition coefficient (Wildman–Crippen LogP) is 2.38. The molecular weight excluding hydrogens is 262 g/mol. The molecule has 5 heteroatoms. The number of amides is 1. The van der Waals surface area contributed by atoms with E-state index in [0.717, 1.165) is 19.1 Å². The summed E-state index contributed by atoms with van der Waals surface area (Å²) in [6.45, 7) is 0. The minimum Gasteiger partial charge on any atom is -0.325 e. The van der Waals surface area contributed by atoms with Crippen molar-refractivity contribution in [1.29, 1.82) is 0 Å². The number of carbonyl (C=O) groups is 1. The van der Waals surface area contributed by atoms with Gasteiger partial charge in [0.2, 0.25) is 5.91 Å². The summed E-state index contributed by atoms with van der Waals surface area (Å²) in [7, 11) is -3.34. The van der Waals surface area contributed by atoms with Crippen molar-refractivity contribution in [2.24, 2.45) is 5.92 Å². The van der Waals surface area contributed by atoms with Crippen molar-refractivity contribution in [2.45, 2.75) is 24.2 Å². The third-order valence-corrected chi connectivity index (χ3v) is 4.34. The number of rotatable bonds is 3. The van der Waals surface area contributed by atoms with Gasteiger partial charge in [-0.05, 0) is 31.4 Å². The zero-order valence-electron chi connectivity index (χ0n) is 10.8. The molecule has 0 bridgehead atoms. The fraction of sp³-hybridized carbons (Fsp3) is 0.357. The lowest BCUT2D eigenvalue weighted by Crippen LogP contribution is -2.24. The molecule has 0 fully saturated rings. The average molecular weight is 279 g/mol. The lowest BCUT2D eigenvalue weighted by atomic mass is 9.93. The highest BCUT2D eigenvalue weighted by molar-refractivity contribution is 7.90. The van der Waals surface area contributed by atoms with Crippen LogP contribution < -0.4 is 5.32 Å². The van der Waals surface area contributed by atoms with E-state index in [1.54, 1.807) is 18.2 Å². The van der Waals surface area contributed by atoms with Gasteiger partial charge in [-0.1, -0.05) is 24.3 Å². The first-order chi connectivity index (χ1) is 8.98. The van der Waals surface area contributed by atoms with Gasteiger partial charge in [0, 0.05) is 12.2 Å². The van der Waals surface area contributed by atoms with Gasteiger partial charge in [0.05, 0.1) is 10.6 Å². The maximum atomic E-state index is 12.1. The molecule has 1 aromatic carbocycles. The summed E-state index contributed by atoms with van der Waals surface area (Å²) in [5, 5.41) is 2.73. The molecule has 102 valence electrons. The van der Waals surface area contributed by atoms with Crippen LogP contribution >= 0.6 is 0 Å². The van der Waals surface area contributed by atoms with Crippen LogP contribution in [-0.4, -0.2) is 20.6 Å². The van der Waals surface area contributed by atoms with Gasteiger partial charge in [0.1, 0.15) is 0 Å². The topological polar surface area (TPSA) is 63.2 Å². The third-order valence-electron chi connectivity index (χ3n) is 3.18. The van der Waals surface area contributed by atoms with Crippen molar-refractivity contribution in [3.63, 3.8) is 0 Å². The van der Waals surface area contributed by atoms with E-state index in [0.29, 0.717) is 12.1 Å². The number of benzene rings is 1. The normalized spacial score (nSPS) is 19.1. The van der Waals surface area contributed by atoms with Crippen molar-refractivity contribution in [1.82, 2.24) is 0 Å². The SMILES string of the molecule is CS(=O)(=O)c1ccccc1NC(=O)[C@@H]1CC=CCC1. The van der Waals surface area contributed by atoms with Gasteiger partial charge in [-0.25, -0.2) is 8.42 Å². The predicted molar refractivity (Wildman–Crippen MR) is 74.7 cm³/mol. The molecule has 1 amide bonds. The molecule has 2 rings (SSSR count). The van der Waals surface area contributed by atoms with Crippen molar-refractivity contribution >= 4 is 21.4 Å². The number of allylic oxidation sites excluding steroid dienone is 2. The van der Waals surface area contributed by atoms with E-state index in [-0.39, 0.29) is 16.7 Å². The van der Waals surface area contributed by atoms with Crippen LogP contribution in [0.4, 0.5) is 5.69 Å². The van der Waals surface area contributed by atoms with Crippen LogP contribution in [0.1, 0.15) is 19.3 Å². The Bertz CT molecular complexity index is 605. The molecular formula is C14H17NO3S.